The van der Waals surface area contributed by atoms with E-state index in [4.69, 9.17) is 16.3 Å². The van der Waals surface area contributed by atoms with Crippen molar-refractivity contribution in [3.8, 4) is 5.75 Å². The van der Waals surface area contributed by atoms with Gasteiger partial charge >= 0.3 is 0 Å². The van der Waals surface area contributed by atoms with E-state index in [1.54, 1.807) is 26.2 Å². The van der Waals surface area contributed by atoms with Crippen LogP contribution in [0.15, 0.2) is 18.2 Å². The van der Waals surface area contributed by atoms with Crippen molar-refractivity contribution >= 4 is 33.4 Å². The molecule has 0 aromatic heterocycles. The molecule has 1 amide bonds. The lowest BCUT2D eigenvalue weighted by Gasteiger charge is -2.12. The molecule has 0 saturated carbocycles. The normalized spacial score (nSPS) is 12.0. The van der Waals surface area contributed by atoms with Crippen LogP contribution in [0.3, 0.4) is 0 Å². The molecule has 0 saturated heterocycles. The van der Waals surface area contributed by atoms with Crippen LogP contribution in [0.5, 0.6) is 5.75 Å². The quantitative estimate of drug-likeness (QED) is 0.869. The summed E-state index contributed by atoms with van der Waals surface area (Å²) in [6, 6.07) is 5.38. The van der Waals surface area contributed by atoms with Crippen LogP contribution < -0.4 is 10.1 Å². The zero-order chi connectivity index (χ0) is 12.1. The van der Waals surface area contributed by atoms with Crippen LogP contribution in [0, 0.1) is 0 Å². The van der Waals surface area contributed by atoms with Gasteiger partial charge in [-0.15, -0.1) is 0 Å². The van der Waals surface area contributed by atoms with Crippen LogP contribution in [0.4, 0.5) is 0 Å². The van der Waals surface area contributed by atoms with Gasteiger partial charge in [-0.2, -0.15) is 0 Å². The molecule has 3 nitrogen and oxygen atoms in total. The van der Waals surface area contributed by atoms with Crippen LogP contribution in [0.2, 0.25) is 5.02 Å². The first kappa shape index (κ1) is 13.3. The first-order valence-corrected chi connectivity index (χ1v) is 6.08. The molecule has 88 valence electrons. The Kier molecular flexibility index (Phi) is 5.09. The Morgan fingerprint density at radius 3 is 2.88 bits per heavy atom. The molecule has 5 heteroatoms. The maximum atomic E-state index is 11.4. The number of amides is 1. The van der Waals surface area contributed by atoms with Gasteiger partial charge in [-0.3, -0.25) is 4.79 Å². The summed E-state index contributed by atoms with van der Waals surface area (Å²) in [6.07, 6.45) is 0. The third-order valence-corrected chi connectivity index (χ3v) is 2.87. The van der Waals surface area contributed by atoms with Crippen LogP contribution in [0.1, 0.15) is 12.5 Å². The molecule has 0 bridgehead atoms. The largest absolute Gasteiger partial charge is 0.496 e. The summed E-state index contributed by atoms with van der Waals surface area (Å²) < 4.78 is 5.17. The van der Waals surface area contributed by atoms with Crippen molar-refractivity contribution in [1.82, 2.24) is 5.32 Å². The molecule has 0 fully saturated rings. The number of ether oxygens (including phenoxy) is 1. The fourth-order valence-electron chi connectivity index (χ4n) is 1.22. The molecular weight excluding hydrogens is 293 g/mol. The second-order valence-corrected chi connectivity index (χ2v) is 5.04. The van der Waals surface area contributed by atoms with Gasteiger partial charge in [0, 0.05) is 17.1 Å². The predicted molar refractivity (Wildman–Crippen MR) is 68.2 cm³/mol. The van der Waals surface area contributed by atoms with Crippen LogP contribution >= 0.6 is 27.5 Å². The summed E-state index contributed by atoms with van der Waals surface area (Å²) in [4.78, 5) is 11.2. The molecule has 1 N–H and O–H groups in total. The van der Waals surface area contributed by atoms with Gasteiger partial charge in [0.15, 0.2) is 0 Å². The lowest BCUT2D eigenvalue weighted by atomic mass is 10.2. The average molecular weight is 307 g/mol. The van der Waals surface area contributed by atoms with E-state index >= 15 is 0 Å². The van der Waals surface area contributed by atoms with E-state index in [-0.39, 0.29) is 10.7 Å². The molecule has 0 spiro atoms. The maximum absolute atomic E-state index is 11.4. The molecule has 0 aliphatic carbocycles. The third-order valence-electron chi connectivity index (χ3n) is 2.10. The van der Waals surface area contributed by atoms with Crippen molar-refractivity contribution < 1.29 is 9.53 Å². The van der Waals surface area contributed by atoms with Gasteiger partial charge < -0.3 is 10.1 Å². The predicted octanol–water partition coefficient (Wildman–Crippen LogP) is 2.75. The number of carbonyl (C=O) groups is 1. The molecule has 0 aliphatic heterocycles. The number of alkyl halides is 1. The molecule has 16 heavy (non-hydrogen) atoms. The second-order valence-electron chi connectivity index (χ2n) is 3.25. The minimum Gasteiger partial charge on any atom is -0.496 e. The number of benzene rings is 1. The summed E-state index contributed by atoms with van der Waals surface area (Å²) in [7, 11) is 1.57. The van der Waals surface area contributed by atoms with Gasteiger partial charge in [-0.05, 0) is 19.1 Å². The third kappa shape index (κ3) is 3.39. The Morgan fingerprint density at radius 2 is 2.31 bits per heavy atom. The molecule has 0 aliphatic rings. The zero-order valence-electron chi connectivity index (χ0n) is 9.09. The van der Waals surface area contributed by atoms with E-state index in [2.05, 4.69) is 21.2 Å². The Morgan fingerprint density at radius 1 is 1.62 bits per heavy atom. The Bertz CT molecular complexity index is 382. The number of hydrogen-bond donors (Lipinski definition) is 1. The van der Waals surface area contributed by atoms with Gasteiger partial charge in [-0.25, -0.2) is 0 Å². The molecule has 0 radical (unpaired) electrons. The summed E-state index contributed by atoms with van der Waals surface area (Å²) >= 11 is 9.22. The molecule has 1 aromatic rings. The average Bonchev–Trinajstić information content (AvgIpc) is 2.26. The Hall–Kier alpha value is -0.740. The molecular formula is C11H13BrClNO2. The minimum atomic E-state index is -0.221. The highest BCUT2D eigenvalue weighted by molar-refractivity contribution is 9.10. The number of methoxy groups -OCH3 is 1. The summed E-state index contributed by atoms with van der Waals surface area (Å²) in [5, 5.41) is 3.35. The number of carbonyl (C=O) groups excluding carboxylic acids is 1. The van der Waals surface area contributed by atoms with Crippen molar-refractivity contribution in [3.05, 3.63) is 28.8 Å². The second kappa shape index (κ2) is 6.11. The van der Waals surface area contributed by atoms with Gasteiger partial charge in [-0.1, -0.05) is 33.6 Å². The van der Waals surface area contributed by atoms with Crippen LogP contribution in [-0.2, 0) is 11.3 Å². The van der Waals surface area contributed by atoms with Crippen LogP contribution in [0.25, 0.3) is 0 Å². The lowest BCUT2D eigenvalue weighted by Crippen LogP contribution is -2.29. The van der Waals surface area contributed by atoms with E-state index in [9.17, 15) is 4.79 Å². The number of rotatable bonds is 4. The summed E-state index contributed by atoms with van der Waals surface area (Å²) in [5.41, 5.74) is 0.785. The first-order valence-electron chi connectivity index (χ1n) is 4.79. The standard InChI is InChI=1S/C11H13BrClNO2/c1-7(12)11(15)14-6-8-9(13)4-3-5-10(8)16-2/h3-5,7H,6H2,1-2H3,(H,14,15). The van der Waals surface area contributed by atoms with Gasteiger partial charge in [0.1, 0.15) is 5.75 Å². The topological polar surface area (TPSA) is 38.3 Å². The van der Waals surface area contributed by atoms with E-state index in [0.717, 1.165) is 5.56 Å². The van der Waals surface area contributed by atoms with E-state index in [0.29, 0.717) is 17.3 Å². The van der Waals surface area contributed by atoms with Gasteiger partial charge in [0.05, 0.1) is 11.9 Å². The number of halogens is 2. The Labute approximate surface area is 108 Å². The molecule has 1 rings (SSSR count). The Balaban J connectivity index is 2.76. The molecule has 1 aromatic carbocycles. The van der Waals surface area contributed by atoms with E-state index < -0.39 is 0 Å². The van der Waals surface area contributed by atoms with Crippen molar-refractivity contribution in [1.29, 1.82) is 0 Å². The lowest BCUT2D eigenvalue weighted by molar-refractivity contribution is -0.120. The number of hydrogen-bond acceptors (Lipinski definition) is 2. The highest BCUT2D eigenvalue weighted by Gasteiger charge is 2.11. The minimum absolute atomic E-state index is 0.0815. The number of nitrogens with one attached hydrogen (secondary N) is 1. The van der Waals surface area contributed by atoms with Crippen LogP contribution in [-0.4, -0.2) is 17.8 Å². The van der Waals surface area contributed by atoms with Gasteiger partial charge in [0.25, 0.3) is 0 Å². The smallest absolute Gasteiger partial charge is 0.233 e. The monoisotopic (exact) mass is 305 g/mol. The SMILES string of the molecule is COc1cccc(Cl)c1CNC(=O)C(C)Br. The van der Waals surface area contributed by atoms with Crippen molar-refractivity contribution in [2.24, 2.45) is 0 Å². The highest BCUT2D eigenvalue weighted by atomic mass is 79.9. The fraction of sp³-hybridized carbons (Fsp3) is 0.364. The highest BCUT2D eigenvalue weighted by Crippen LogP contribution is 2.25. The van der Waals surface area contributed by atoms with Crippen molar-refractivity contribution in [3.63, 3.8) is 0 Å². The zero-order valence-corrected chi connectivity index (χ0v) is 11.4. The van der Waals surface area contributed by atoms with Crippen molar-refractivity contribution in [2.75, 3.05) is 7.11 Å². The summed E-state index contributed by atoms with van der Waals surface area (Å²) in [6.45, 7) is 2.12. The first-order chi connectivity index (χ1) is 7.56. The van der Waals surface area contributed by atoms with Crippen molar-refractivity contribution in [2.45, 2.75) is 18.3 Å². The molecule has 1 unspecified atom stereocenters. The molecule has 1 atom stereocenters. The van der Waals surface area contributed by atoms with Gasteiger partial charge in [0.2, 0.25) is 5.91 Å². The van der Waals surface area contributed by atoms with E-state index in [1.165, 1.54) is 0 Å². The summed E-state index contributed by atoms with van der Waals surface area (Å²) in [5.74, 6) is 0.594. The molecule has 0 heterocycles. The van der Waals surface area contributed by atoms with E-state index in [1.807, 2.05) is 6.07 Å². The maximum Gasteiger partial charge on any atom is 0.233 e. The fourth-order valence-corrected chi connectivity index (χ4v) is 1.61.